The molecule has 0 atom stereocenters. The second-order valence-electron chi connectivity index (χ2n) is 30.8. The average molecular weight is 1800 g/mol. The Hall–Kier alpha value is -19.4. The van der Waals surface area contributed by atoms with Gasteiger partial charge in [-0.1, -0.05) is 206 Å². The van der Waals surface area contributed by atoms with Crippen LogP contribution in [0.2, 0.25) is 0 Å². The van der Waals surface area contributed by atoms with E-state index in [4.69, 9.17) is 91.1 Å². The standard InChI is InChI=1S/C27H17N5O.C27H18N4O3.C27H20N4O.C26H17N5O3.O2S/c1-17-23-24(21-11-7-8-12-22(21)33)26(29-3)25(18-13-15-19(28-2)16-14-18)30-27(23)32(31-17)20-9-5-4-6-10-20;1-16-23-24(19-10-6-7-11-20(19)32)26(28-2)25(17-12-13-21-22(14-17)34-15-33-21)29-27(23)31(30-16)18-8-4-3-5-9-18;1-17-13-15-19(16-14-17)25-26(28-3)24(21-11-7-8-12-22(21)32)23-18(2)30-31(27(23)29-25)20-9-5-4-6-10-20;1-16-22-23(20-10-6-7-11-21(20)32)25(27-2)24(17-12-14-19(15-13-17)31(33)34)28-26(22)30(29-16)18-8-4-3-5-9-18;1-3-2/h4-16,33H,1H3;3-14,32H,15H2,1H3;4-16,32H,1-2H3;3-15,32H,1H3;. The SMILES string of the molecule is O=S=O.[C-]#[N+]c1c(-c2ccc(C)cc2)nc2c(c(C)nn2-c2ccccc2)c1-c1ccccc1O.[C-]#[N+]c1c(-c2ccc([N+](=O)[O-])cc2)nc2c(c(C)nn2-c2ccccc2)c1-c1ccccc1O.[C-]#[N+]c1c(-c2ccc3c(c2)OCO3)nc2c(c(C)nn2-c2ccccc2)c1-c1ccccc1O.[C-]#[N+]c1ccc(-c2nc3c(c(C)nn3-c3ccccc3)c(-c3ccccc3O)c2[N+]#[C-])cc1. The minimum atomic E-state index is -0.750. The molecule has 136 heavy (non-hydrogen) atoms. The first-order chi connectivity index (χ1) is 66.3. The van der Waals surface area contributed by atoms with E-state index in [2.05, 4.69) is 24.2 Å². The van der Waals surface area contributed by atoms with Gasteiger partial charge in [-0.05, 0) is 154 Å². The summed E-state index contributed by atoms with van der Waals surface area (Å²) in [6.07, 6.45) is 0. The maximum atomic E-state index is 11.1. The topological polar surface area (TPSA) is 321 Å². The van der Waals surface area contributed by atoms with Crippen molar-refractivity contribution in [3.05, 3.63) is 405 Å². The number of nitro groups is 1. The maximum Gasteiger partial charge on any atom is 0.335 e. The molecule has 9 heterocycles. The van der Waals surface area contributed by atoms with Crippen LogP contribution < -0.4 is 9.47 Å². The fourth-order valence-electron chi connectivity index (χ4n) is 16.4. The lowest BCUT2D eigenvalue weighted by Crippen LogP contribution is -1.99. The highest BCUT2D eigenvalue weighted by molar-refractivity contribution is 7.51. The van der Waals surface area contributed by atoms with Gasteiger partial charge in [0.05, 0.1) is 106 Å². The molecule has 28 nitrogen and oxygen atoms in total. The molecule has 29 heteroatoms. The van der Waals surface area contributed by atoms with E-state index in [1.54, 1.807) is 122 Å². The second-order valence-corrected chi connectivity index (χ2v) is 31.0. The Morgan fingerprint density at radius 1 is 0.331 bits per heavy atom. The summed E-state index contributed by atoms with van der Waals surface area (Å²) >= 11 is -0.750. The molecule has 0 aliphatic carbocycles. The number of hydrogen-bond acceptors (Lipinski definition) is 18. The van der Waals surface area contributed by atoms with Gasteiger partial charge in [0.1, 0.15) is 23.0 Å². The number of aromatic nitrogens is 12. The summed E-state index contributed by atoms with van der Waals surface area (Å²) in [5.74, 6) is 1.57. The van der Waals surface area contributed by atoms with Gasteiger partial charge < -0.3 is 29.9 Å². The highest BCUT2D eigenvalue weighted by atomic mass is 32.1. The molecule has 0 bridgehead atoms. The molecule has 0 unspecified atom stereocenters. The zero-order chi connectivity index (χ0) is 95.0. The highest BCUT2D eigenvalue weighted by Gasteiger charge is 2.32. The molecule has 8 aromatic heterocycles. The van der Waals surface area contributed by atoms with Crippen molar-refractivity contribution in [2.75, 3.05) is 6.79 Å². The maximum absolute atomic E-state index is 11.1. The molecule has 656 valence electrons. The van der Waals surface area contributed by atoms with Crippen LogP contribution in [0.4, 0.5) is 34.1 Å². The summed E-state index contributed by atoms with van der Waals surface area (Å²) in [5, 5.41) is 75.8. The molecule has 0 spiro atoms. The second kappa shape index (κ2) is 38.5. The number of aromatic hydroxyl groups is 4. The van der Waals surface area contributed by atoms with E-state index >= 15 is 0 Å². The Bertz CT molecular complexity index is 8360. The predicted molar refractivity (Wildman–Crippen MR) is 522 cm³/mol. The summed E-state index contributed by atoms with van der Waals surface area (Å²) < 4.78 is 34.7. The molecule has 0 saturated carbocycles. The van der Waals surface area contributed by atoms with Gasteiger partial charge in [0, 0.05) is 78.2 Å². The normalized spacial score (nSPS) is 11.0. The number of non-ortho nitro benzene ring substituents is 1. The molecule has 21 rings (SSSR count). The van der Waals surface area contributed by atoms with Crippen LogP contribution in [0.25, 0.3) is 181 Å². The van der Waals surface area contributed by atoms with Gasteiger partial charge in [-0.25, -0.2) is 62.9 Å². The van der Waals surface area contributed by atoms with E-state index in [9.17, 15) is 30.5 Å². The van der Waals surface area contributed by atoms with Crippen molar-refractivity contribution in [1.29, 1.82) is 0 Å². The lowest BCUT2D eigenvalue weighted by Gasteiger charge is -2.14. The average Bonchev–Trinajstić information content (AvgIpc) is 1.48. The van der Waals surface area contributed by atoms with Crippen LogP contribution in [-0.4, -0.2) is 99.6 Å². The van der Waals surface area contributed by atoms with Gasteiger partial charge in [-0.15, -0.1) is 0 Å². The van der Waals surface area contributed by atoms with E-state index in [1.807, 2.05) is 229 Å². The number of nitrogens with zero attached hydrogens (tertiary/aromatic N) is 18. The van der Waals surface area contributed by atoms with Crippen LogP contribution in [0.1, 0.15) is 28.3 Å². The summed E-state index contributed by atoms with van der Waals surface area (Å²) in [7, 11) is 0. The number of phenols is 4. The monoisotopic (exact) mass is 1800 g/mol. The molecular weight excluding hydrogens is 1730 g/mol. The third kappa shape index (κ3) is 16.9. The molecule has 0 amide bonds. The summed E-state index contributed by atoms with van der Waals surface area (Å²) in [4.78, 5) is 49.2. The van der Waals surface area contributed by atoms with E-state index in [0.717, 1.165) is 50.3 Å². The van der Waals surface area contributed by atoms with Gasteiger partial charge in [-0.3, -0.25) is 10.1 Å². The molecule has 20 aromatic rings. The van der Waals surface area contributed by atoms with Gasteiger partial charge in [-0.2, -0.15) is 28.8 Å². The number of ether oxygens (including phenoxy) is 2. The van der Waals surface area contributed by atoms with Gasteiger partial charge in [0.15, 0.2) is 39.8 Å². The minimum absolute atomic E-state index is 0.0291. The Balaban J connectivity index is 0.000000125. The number of hydrogen-bond donors (Lipinski definition) is 4. The van der Waals surface area contributed by atoms with Crippen molar-refractivity contribution in [1.82, 2.24) is 59.1 Å². The van der Waals surface area contributed by atoms with Gasteiger partial charge >= 0.3 is 11.6 Å². The number of para-hydroxylation sites is 8. The third-order valence-electron chi connectivity index (χ3n) is 22.6. The minimum Gasteiger partial charge on any atom is -0.507 e. The smallest absolute Gasteiger partial charge is 0.335 e. The van der Waals surface area contributed by atoms with Crippen molar-refractivity contribution in [3.63, 3.8) is 0 Å². The molecule has 0 radical (unpaired) electrons. The highest BCUT2D eigenvalue weighted by Crippen LogP contribution is 2.53. The van der Waals surface area contributed by atoms with E-state index < -0.39 is 16.5 Å². The fourth-order valence-corrected chi connectivity index (χ4v) is 16.4. The van der Waals surface area contributed by atoms with E-state index in [1.165, 1.54) is 12.1 Å². The number of nitro benzene ring substituents is 1. The van der Waals surface area contributed by atoms with E-state index in [-0.39, 0.29) is 41.2 Å². The zero-order valence-corrected chi connectivity index (χ0v) is 73.7. The Morgan fingerprint density at radius 3 is 0.868 bits per heavy atom. The number of fused-ring (bicyclic) bond motifs is 5. The quantitative estimate of drug-likeness (QED) is 0.0473. The number of benzene rings is 12. The number of phenolic OH excluding ortho intramolecular Hbond substituents is 4. The zero-order valence-electron chi connectivity index (χ0n) is 72.8. The first-order valence-electron chi connectivity index (χ1n) is 42.0. The molecule has 1 aliphatic rings. The fraction of sp³-hybridized carbons (Fsp3) is 0.0561. The Kier molecular flexibility index (Phi) is 25.1. The van der Waals surface area contributed by atoms with Crippen LogP contribution >= 0.6 is 0 Å². The first-order valence-corrected chi connectivity index (χ1v) is 42.6. The Morgan fingerprint density at radius 2 is 0.588 bits per heavy atom. The van der Waals surface area contributed by atoms with Crippen molar-refractivity contribution in [2.24, 2.45) is 0 Å². The first kappa shape index (κ1) is 88.6. The molecule has 4 N–H and O–H groups in total. The Labute approximate surface area is 780 Å². The van der Waals surface area contributed by atoms with Crippen molar-refractivity contribution < 1.29 is 43.2 Å². The lowest BCUT2D eigenvalue weighted by atomic mass is 9.96. The third-order valence-corrected chi connectivity index (χ3v) is 22.6. The number of rotatable bonds is 13. The molecule has 0 fully saturated rings. The molecule has 1 aliphatic heterocycles. The number of aryl methyl sites for hydroxylation is 5. The molecule has 12 aromatic carbocycles. The van der Waals surface area contributed by atoms with E-state index in [0.29, 0.717) is 169 Å². The van der Waals surface area contributed by atoms with Crippen LogP contribution in [-0.2, 0) is 11.6 Å². The van der Waals surface area contributed by atoms with Crippen molar-refractivity contribution in [2.45, 2.75) is 34.6 Å². The van der Waals surface area contributed by atoms with Crippen molar-refractivity contribution >= 4 is 89.8 Å². The van der Waals surface area contributed by atoms with Crippen LogP contribution in [0.3, 0.4) is 0 Å². The van der Waals surface area contributed by atoms with Crippen LogP contribution in [0.15, 0.2) is 309 Å². The summed E-state index contributed by atoms with van der Waals surface area (Å²) in [6, 6.07) is 93.0. The van der Waals surface area contributed by atoms with Gasteiger partial charge in [0.25, 0.3) is 5.69 Å². The van der Waals surface area contributed by atoms with Crippen molar-refractivity contribution in [3.8, 4) is 147 Å². The lowest BCUT2D eigenvalue weighted by molar-refractivity contribution is -0.384. The number of pyridine rings is 4. The van der Waals surface area contributed by atoms with Crippen LogP contribution in [0, 0.1) is 77.6 Å². The predicted octanol–water partition coefficient (Wildman–Crippen LogP) is 25.1. The molecule has 0 saturated heterocycles. The molecular formula is C107H72N18O10S. The summed E-state index contributed by atoms with van der Waals surface area (Å²) in [5.41, 5.74) is 20.7. The van der Waals surface area contributed by atoms with Gasteiger partial charge in [0.2, 0.25) is 29.5 Å². The van der Waals surface area contributed by atoms with Crippen LogP contribution in [0.5, 0.6) is 34.5 Å². The summed E-state index contributed by atoms with van der Waals surface area (Å²) in [6.45, 7) is 49.0. The largest absolute Gasteiger partial charge is 0.507 e.